The SMILES string of the molecule is O=C(OC(=O)c1ccccc1-c1nc2ccccc2s1)c1ccccc1. The number of benzene rings is 3. The Morgan fingerprint density at radius 2 is 1.46 bits per heavy atom. The minimum absolute atomic E-state index is 0.316. The van der Waals surface area contributed by atoms with Crippen LogP contribution in [0.1, 0.15) is 20.7 Å². The zero-order valence-corrected chi connectivity index (χ0v) is 14.4. The van der Waals surface area contributed by atoms with Gasteiger partial charge in [-0.05, 0) is 30.3 Å². The summed E-state index contributed by atoms with van der Waals surface area (Å²) in [5.41, 5.74) is 2.17. The van der Waals surface area contributed by atoms with Gasteiger partial charge in [-0.2, -0.15) is 0 Å². The van der Waals surface area contributed by atoms with Crippen molar-refractivity contribution in [1.82, 2.24) is 4.98 Å². The lowest BCUT2D eigenvalue weighted by molar-refractivity contribution is 0.0398. The fraction of sp³-hybridized carbons (Fsp3) is 0. The van der Waals surface area contributed by atoms with E-state index in [4.69, 9.17) is 4.74 Å². The fourth-order valence-corrected chi connectivity index (χ4v) is 3.61. The molecule has 0 atom stereocenters. The van der Waals surface area contributed by atoms with Gasteiger partial charge < -0.3 is 4.74 Å². The first-order chi connectivity index (χ1) is 12.7. The number of carbonyl (C=O) groups excluding carboxylic acids is 2. The van der Waals surface area contributed by atoms with E-state index in [0.717, 1.165) is 10.2 Å². The highest BCUT2D eigenvalue weighted by Gasteiger charge is 2.20. The molecule has 4 aromatic rings. The smallest absolute Gasteiger partial charge is 0.346 e. The Bertz CT molecular complexity index is 1070. The molecule has 0 amide bonds. The summed E-state index contributed by atoms with van der Waals surface area (Å²) in [6, 6.07) is 23.2. The monoisotopic (exact) mass is 359 g/mol. The Labute approximate surface area is 153 Å². The summed E-state index contributed by atoms with van der Waals surface area (Å²) < 4.78 is 6.09. The summed E-state index contributed by atoms with van der Waals surface area (Å²) >= 11 is 1.49. The van der Waals surface area contributed by atoms with Gasteiger partial charge in [-0.25, -0.2) is 14.6 Å². The van der Waals surface area contributed by atoms with Crippen LogP contribution in [0.4, 0.5) is 0 Å². The average molecular weight is 359 g/mol. The standard InChI is InChI=1S/C21H13NO3S/c23-20(14-8-2-1-3-9-14)25-21(24)16-11-5-4-10-15(16)19-22-17-12-6-7-13-18(17)26-19/h1-13H. The maximum atomic E-state index is 12.6. The Morgan fingerprint density at radius 3 is 2.27 bits per heavy atom. The Kier molecular flexibility index (Phi) is 4.29. The molecule has 0 unspecified atom stereocenters. The fourth-order valence-electron chi connectivity index (χ4n) is 2.61. The van der Waals surface area contributed by atoms with Crippen LogP contribution in [-0.4, -0.2) is 16.9 Å². The van der Waals surface area contributed by atoms with Crippen molar-refractivity contribution in [3.8, 4) is 10.6 Å². The first-order valence-electron chi connectivity index (χ1n) is 7.99. The molecular weight excluding hydrogens is 346 g/mol. The highest BCUT2D eigenvalue weighted by atomic mass is 32.1. The van der Waals surface area contributed by atoms with Crippen molar-refractivity contribution < 1.29 is 14.3 Å². The number of thiazole rings is 1. The first-order valence-corrected chi connectivity index (χ1v) is 8.80. The molecule has 0 aliphatic carbocycles. The Morgan fingerprint density at radius 1 is 0.769 bits per heavy atom. The van der Waals surface area contributed by atoms with Gasteiger partial charge in [0.05, 0.1) is 21.3 Å². The largest absolute Gasteiger partial charge is 0.386 e. The van der Waals surface area contributed by atoms with Crippen LogP contribution in [0.25, 0.3) is 20.8 Å². The van der Waals surface area contributed by atoms with E-state index in [1.54, 1.807) is 48.5 Å². The number of hydrogen-bond acceptors (Lipinski definition) is 5. The number of aromatic nitrogens is 1. The number of ether oxygens (including phenoxy) is 1. The third-order valence-corrected chi connectivity index (χ3v) is 4.94. The van der Waals surface area contributed by atoms with E-state index in [1.807, 2.05) is 30.3 Å². The molecule has 3 aromatic carbocycles. The molecule has 1 heterocycles. The van der Waals surface area contributed by atoms with Gasteiger partial charge >= 0.3 is 11.9 Å². The summed E-state index contributed by atoms with van der Waals surface area (Å²) in [6.07, 6.45) is 0. The maximum absolute atomic E-state index is 12.6. The van der Waals surface area contributed by atoms with Crippen LogP contribution in [0.15, 0.2) is 78.9 Å². The molecule has 4 nitrogen and oxygen atoms in total. The van der Waals surface area contributed by atoms with Gasteiger partial charge in [0.15, 0.2) is 0 Å². The van der Waals surface area contributed by atoms with Crippen molar-refractivity contribution in [1.29, 1.82) is 0 Å². The predicted molar refractivity (Wildman–Crippen MR) is 101 cm³/mol. The molecule has 5 heteroatoms. The van der Waals surface area contributed by atoms with Crippen LogP contribution >= 0.6 is 11.3 Å². The third-order valence-electron chi connectivity index (χ3n) is 3.87. The lowest BCUT2D eigenvalue weighted by Gasteiger charge is -2.06. The Hall–Kier alpha value is -3.31. The zero-order valence-electron chi connectivity index (χ0n) is 13.6. The van der Waals surface area contributed by atoms with E-state index in [1.165, 1.54) is 11.3 Å². The average Bonchev–Trinajstić information content (AvgIpc) is 3.12. The summed E-state index contributed by atoms with van der Waals surface area (Å²) in [4.78, 5) is 29.3. The van der Waals surface area contributed by atoms with Crippen molar-refractivity contribution in [3.63, 3.8) is 0 Å². The summed E-state index contributed by atoms with van der Waals surface area (Å²) in [5.74, 6) is -1.36. The first kappa shape index (κ1) is 16.2. The minimum Gasteiger partial charge on any atom is -0.386 e. The molecule has 0 fully saturated rings. The third kappa shape index (κ3) is 3.12. The molecule has 1 aromatic heterocycles. The number of hydrogen-bond donors (Lipinski definition) is 0. The second kappa shape index (κ2) is 6.90. The maximum Gasteiger partial charge on any atom is 0.346 e. The van der Waals surface area contributed by atoms with Crippen molar-refractivity contribution in [2.24, 2.45) is 0 Å². The normalized spacial score (nSPS) is 10.6. The van der Waals surface area contributed by atoms with E-state index >= 15 is 0 Å². The molecule has 0 saturated heterocycles. The number of para-hydroxylation sites is 1. The van der Waals surface area contributed by atoms with E-state index in [2.05, 4.69) is 4.98 Å². The van der Waals surface area contributed by atoms with Crippen LogP contribution < -0.4 is 0 Å². The second-order valence-electron chi connectivity index (χ2n) is 5.58. The summed E-state index contributed by atoms with van der Waals surface area (Å²) in [7, 11) is 0. The highest BCUT2D eigenvalue weighted by Crippen LogP contribution is 2.32. The molecule has 0 spiro atoms. The molecule has 0 aliphatic heterocycles. The summed E-state index contributed by atoms with van der Waals surface area (Å²) in [5, 5.41) is 0.714. The lowest BCUT2D eigenvalue weighted by Crippen LogP contribution is -2.13. The van der Waals surface area contributed by atoms with Crippen LogP contribution in [0.3, 0.4) is 0 Å². The van der Waals surface area contributed by atoms with Crippen molar-refractivity contribution in [2.75, 3.05) is 0 Å². The molecule has 126 valence electrons. The van der Waals surface area contributed by atoms with Gasteiger partial charge in [0.2, 0.25) is 0 Å². The van der Waals surface area contributed by atoms with Crippen LogP contribution in [-0.2, 0) is 4.74 Å². The van der Waals surface area contributed by atoms with Crippen molar-refractivity contribution in [2.45, 2.75) is 0 Å². The quantitative estimate of drug-likeness (QED) is 0.383. The molecule has 0 N–H and O–H groups in total. The van der Waals surface area contributed by atoms with E-state index in [9.17, 15) is 9.59 Å². The molecule has 26 heavy (non-hydrogen) atoms. The second-order valence-corrected chi connectivity index (χ2v) is 6.61. The topological polar surface area (TPSA) is 56.3 Å². The van der Waals surface area contributed by atoms with Crippen molar-refractivity contribution in [3.05, 3.63) is 90.0 Å². The molecule has 0 saturated carbocycles. The molecule has 0 bridgehead atoms. The number of fused-ring (bicyclic) bond motifs is 1. The lowest BCUT2D eigenvalue weighted by atomic mass is 10.1. The Balaban J connectivity index is 1.67. The van der Waals surface area contributed by atoms with Gasteiger partial charge in [0.25, 0.3) is 0 Å². The molecule has 0 radical (unpaired) electrons. The van der Waals surface area contributed by atoms with E-state index in [0.29, 0.717) is 21.7 Å². The van der Waals surface area contributed by atoms with Crippen molar-refractivity contribution >= 4 is 33.5 Å². The van der Waals surface area contributed by atoms with Gasteiger partial charge in [-0.3, -0.25) is 0 Å². The summed E-state index contributed by atoms with van der Waals surface area (Å²) in [6.45, 7) is 0. The van der Waals surface area contributed by atoms with Crippen LogP contribution in [0.2, 0.25) is 0 Å². The predicted octanol–water partition coefficient (Wildman–Crippen LogP) is 4.96. The number of nitrogens with zero attached hydrogens (tertiary/aromatic N) is 1. The van der Waals surface area contributed by atoms with Gasteiger partial charge in [-0.1, -0.05) is 48.5 Å². The van der Waals surface area contributed by atoms with E-state index in [-0.39, 0.29) is 0 Å². The van der Waals surface area contributed by atoms with Crippen LogP contribution in [0.5, 0.6) is 0 Å². The number of carbonyl (C=O) groups is 2. The number of esters is 2. The zero-order chi connectivity index (χ0) is 17.9. The highest BCUT2D eigenvalue weighted by molar-refractivity contribution is 7.21. The van der Waals surface area contributed by atoms with E-state index < -0.39 is 11.9 Å². The molecule has 0 aliphatic rings. The number of rotatable bonds is 3. The van der Waals surface area contributed by atoms with Gasteiger partial charge in [-0.15, -0.1) is 11.3 Å². The van der Waals surface area contributed by atoms with Gasteiger partial charge in [0.1, 0.15) is 5.01 Å². The molecule has 4 rings (SSSR count). The van der Waals surface area contributed by atoms with Gasteiger partial charge in [0, 0.05) is 5.56 Å². The van der Waals surface area contributed by atoms with Crippen LogP contribution in [0, 0.1) is 0 Å². The minimum atomic E-state index is -0.686. The molecular formula is C21H13NO3S.